The van der Waals surface area contributed by atoms with Crippen molar-refractivity contribution < 1.29 is 14.3 Å². The number of amides is 2. The highest BCUT2D eigenvalue weighted by Gasteiger charge is 2.14. The van der Waals surface area contributed by atoms with Gasteiger partial charge < -0.3 is 15.4 Å². The number of nitrogens with one attached hydrogen (secondary N) is 2. The van der Waals surface area contributed by atoms with Crippen molar-refractivity contribution >= 4 is 17.5 Å². The third kappa shape index (κ3) is 8.40. The normalized spacial score (nSPS) is 16.0. The van der Waals surface area contributed by atoms with Crippen LogP contribution in [0.15, 0.2) is 24.3 Å². The van der Waals surface area contributed by atoms with Gasteiger partial charge in [0, 0.05) is 38.2 Å². The van der Waals surface area contributed by atoms with E-state index in [4.69, 9.17) is 4.74 Å². The first-order chi connectivity index (χ1) is 13.4. The maximum Gasteiger partial charge on any atom is 0.224 e. The summed E-state index contributed by atoms with van der Waals surface area (Å²) in [6.07, 6.45) is 1.65. The number of ether oxygens (including phenoxy) is 1. The molecule has 1 fully saturated rings. The minimum Gasteiger partial charge on any atom is -0.379 e. The number of rotatable bonds is 10. The number of anilines is 1. The molecule has 28 heavy (non-hydrogen) atoms. The lowest BCUT2D eigenvalue weighted by molar-refractivity contribution is -0.122. The summed E-state index contributed by atoms with van der Waals surface area (Å²) in [5.74, 6) is 0.444. The highest BCUT2D eigenvalue weighted by atomic mass is 16.5. The van der Waals surface area contributed by atoms with Crippen LogP contribution in [0.4, 0.5) is 5.69 Å². The molecule has 0 spiro atoms. The zero-order valence-electron chi connectivity index (χ0n) is 17.5. The van der Waals surface area contributed by atoms with Crippen LogP contribution < -0.4 is 10.6 Å². The van der Waals surface area contributed by atoms with Crippen molar-refractivity contribution in [2.45, 2.75) is 46.0 Å². The van der Waals surface area contributed by atoms with E-state index in [0.29, 0.717) is 25.3 Å². The molecule has 1 saturated heterocycles. The van der Waals surface area contributed by atoms with Gasteiger partial charge in [-0.15, -0.1) is 0 Å². The fourth-order valence-corrected chi connectivity index (χ4v) is 3.30. The van der Waals surface area contributed by atoms with Crippen LogP contribution in [0.1, 0.15) is 51.5 Å². The van der Waals surface area contributed by atoms with E-state index in [0.717, 1.165) is 45.0 Å². The lowest BCUT2D eigenvalue weighted by Gasteiger charge is -2.26. The quantitative estimate of drug-likeness (QED) is 0.604. The van der Waals surface area contributed by atoms with Gasteiger partial charge in [0.1, 0.15) is 0 Å². The Labute approximate surface area is 169 Å². The van der Waals surface area contributed by atoms with Crippen molar-refractivity contribution in [2.24, 2.45) is 5.92 Å². The summed E-state index contributed by atoms with van der Waals surface area (Å²) in [6.45, 7) is 11.4. The average Bonchev–Trinajstić information content (AvgIpc) is 2.66. The Kier molecular flexibility index (Phi) is 9.44. The zero-order valence-corrected chi connectivity index (χ0v) is 17.5. The number of nitrogens with zero attached hydrogens (tertiary/aromatic N) is 1. The van der Waals surface area contributed by atoms with Crippen molar-refractivity contribution in [3.63, 3.8) is 0 Å². The number of hydrogen-bond donors (Lipinski definition) is 2. The molecular formula is C22H35N3O3. The molecule has 0 radical (unpaired) electrons. The van der Waals surface area contributed by atoms with Gasteiger partial charge in [-0.25, -0.2) is 0 Å². The van der Waals surface area contributed by atoms with Gasteiger partial charge in [0.25, 0.3) is 0 Å². The molecule has 1 atom stereocenters. The Hall–Kier alpha value is -1.92. The topological polar surface area (TPSA) is 70.7 Å². The highest BCUT2D eigenvalue weighted by Crippen LogP contribution is 2.18. The molecule has 2 amide bonds. The molecule has 2 rings (SSSR count). The number of carbonyl (C=O) groups is 2. The van der Waals surface area contributed by atoms with Gasteiger partial charge in [-0.1, -0.05) is 32.9 Å². The molecule has 156 valence electrons. The molecule has 1 aliphatic rings. The molecule has 0 bridgehead atoms. The molecule has 1 aromatic rings. The van der Waals surface area contributed by atoms with Crippen LogP contribution in [-0.4, -0.2) is 56.1 Å². The standard InChI is InChI=1S/C22H35N3O3/c1-17(2)19-5-7-20(8-6-19)24-22(27)16-18(3)15-21(26)23-9-4-10-25-11-13-28-14-12-25/h5-8,17-18H,4,9-16H2,1-3H3,(H,23,26)(H,24,27). The van der Waals surface area contributed by atoms with Crippen LogP contribution in [0.25, 0.3) is 0 Å². The zero-order chi connectivity index (χ0) is 20.4. The van der Waals surface area contributed by atoms with Gasteiger partial charge in [-0.2, -0.15) is 0 Å². The second kappa shape index (κ2) is 11.8. The minimum absolute atomic E-state index is 0.00850. The fraction of sp³-hybridized carbons (Fsp3) is 0.636. The van der Waals surface area contributed by atoms with Crippen molar-refractivity contribution in [3.8, 4) is 0 Å². The first kappa shape index (κ1) is 22.4. The Morgan fingerprint density at radius 1 is 1.04 bits per heavy atom. The molecule has 1 aliphatic heterocycles. The molecule has 0 saturated carbocycles. The molecule has 1 unspecified atom stereocenters. The van der Waals surface area contributed by atoms with E-state index < -0.39 is 0 Å². The molecule has 6 heteroatoms. The maximum atomic E-state index is 12.2. The van der Waals surface area contributed by atoms with Crippen molar-refractivity contribution in [2.75, 3.05) is 44.7 Å². The average molecular weight is 390 g/mol. The lowest BCUT2D eigenvalue weighted by Crippen LogP contribution is -2.38. The monoisotopic (exact) mass is 389 g/mol. The molecular weight excluding hydrogens is 354 g/mol. The van der Waals surface area contributed by atoms with E-state index in [1.807, 2.05) is 31.2 Å². The van der Waals surface area contributed by atoms with E-state index in [1.54, 1.807) is 0 Å². The van der Waals surface area contributed by atoms with Gasteiger partial charge in [-0.05, 0) is 42.5 Å². The molecule has 2 N–H and O–H groups in total. The summed E-state index contributed by atoms with van der Waals surface area (Å²) in [4.78, 5) is 26.6. The van der Waals surface area contributed by atoms with Crippen molar-refractivity contribution in [1.29, 1.82) is 0 Å². The van der Waals surface area contributed by atoms with Crippen LogP contribution in [0, 0.1) is 5.92 Å². The molecule has 6 nitrogen and oxygen atoms in total. The minimum atomic E-state index is -0.0510. The number of benzene rings is 1. The summed E-state index contributed by atoms with van der Waals surface area (Å²) >= 11 is 0. The summed E-state index contributed by atoms with van der Waals surface area (Å²) in [5.41, 5.74) is 2.05. The van der Waals surface area contributed by atoms with Gasteiger partial charge in [0.05, 0.1) is 13.2 Å². The Morgan fingerprint density at radius 3 is 2.32 bits per heavy atom. The highest BCUT2D eigenvalue weighted by molar-refractivity contribution is 5.91. The van der Waals surface area contributed by atoms with E-state index in [9.17, 15) is 9.59 Å². The van der Waals surface area contributed by atoms with Crippen LogP contribution >= 0.6 is 0 Å². The van der Waals surface area contributed by atoms with Crippen molar-refractivity contribution in [1.82, 2.24) is 10.2 Å². The fourth-order valence-electron chi connectivity index (χ4n) is 3.30. The second-order valence-corrected chi connectivity index (χ2v) is 8.00. The van der Waals surface area contributed by atoms with Crippen LogP contribution in [0.2, 0.25) is 0 Å². The first-order valence-electron chi connectivity index (χ1n) is 10.4. The second-order valence-electron chi connectivity index (χ2n) is 8.00. The SMILES string of the molecule is CC(CC(=O)NCCCN1CCOCC1)CC(=O)Nc1ccc(C(C)C)cc1. The van der Waals surface area contributed by atoms with E-state index in [-0.39, 0.29) is 17.7 Å². The van der Waals surface area contributed by atoms with Gasteiger partial charge in [0.2, 0.25) is 11.8 Å². The Balaban J connectivity index is 1.60. The summed E-state index contributed by atoms with van der Waals surface area (Å²) in [6, 6.07) is 7.93. The smallest absolute Gasteiger partial charge is 0.224 e. The maximum absolute atomic E-state index is 12.2. The predicted octanol–water partition coefficient (Wildman–Crippen LogP) is 3.00. The predicted molar refractivity (Wildman–Crippen MR) is 112 cm³/mol. The number of hydrogen-bond acceptors (Lipinski definition) is 4. The first-order valence-corrected chi connectivity index (χ1v) is 10.4. The van der Waals surface area contributed by atoms with Gasteiger partial charge >= 0.3 is 0 Å². The summed E-state index contributed by atoms with van der Waals surface area (Å²) in [5, 5.41) is 5.88. The van der Waals surface area contributed by atoms with E-state index in [2.05, 4.69) is 29.4 Å². The third-order valence-electron chi connectivity index (χ3n) is 5.01. The Morgan fingerprint density at radius 2 is 1.68 bits per heavy atom. The summed E-state index contributed by atoms with van der Waals surface area (Å²) < 4.78 is 5.33. The van der Waals surface area contributed by atoms with E-state index >= 15 is 0 Å². The summed E-state index contributed by atoms with van der Waals surface area (Å²) in [7, 11) is 0. The molecule has 1 aromatic carbocycles. The lowest BCUT2D eigenvalue weighted by atomic mass is 10.0. The van der Waals surface area contributed by atoms with Gasteiger partial charge in [0.15, 0.2) is 0 Å². The van der Waals surface area contributed by atoms with Crippen LogP contribution in [0.5, 0.6) is 0 Å². The number of carbonyl (C=O) groups excluding carboxylic acids is 2. The molecule has 0 aliphatic carbocycles. The third-order valence-corrected chi connectivity index (χ3v) is 5.01. The number of morpholine rings is 1. The molecule has 0 aromatic heterocycles. The molecule has 1 heterocycles. The largest absolute Gasteiger partial charge is 0.379 e. The van der Waals surface area contributed by atoms with Gasteiger partial charge in [-0.3, -0.25) is 14.5 Å². The van der Waals surface area contributed by atoms with Crippen LogP contribution in [0.3, 0.4) is 0 Å². The van der Waals surface area contributed by atoms with Crippen molar-refractivity contribution in [3.05, 3.63) is 29.8 Å². The van der Waals surface area contributed by atoms with E-state index in [1.165, 1.54) is 5.56 Å². The van der Waals surface area contributed by atoms with Crippen LogP contribution in [-0.2, 0) is 14.3 Å². The Bertz CT molecular complexity index is 610.